The van der Waals surface area contributed by atoms with E-state index in [9.17, 15) is 19.6 Å². The lowest BCUT2D eigenvalue weighted by Gasteiger charge is -2.35. The minimum atomic E-state index is -0.941. The summed E-state index contributed by atoms with van der Waals surface area (Å²) >= 11 is 3.40. The fourth-order valence-electron chi connectivity index (χ4n) is 4.50. The van der Waals surface area contributed by atoms with Crippen LogP contribution in [0.3, 0.4) is 0 Å². The van der Waals surface area contributed by atoms with Gasteiger partial charge in [-0.2, -0.15) is 5.26 Å². The first-order chi connectivity index (χ1) is 17.4. The topological polar surface area (TPSA) is 109 Å². The maximum Gasteiger partial charge on any atom is 0.355 e. The maximum atomic E-state index is 13.4. The van der Waals surface area contributed by atoms with Crippen molar-refractivity contribution in [3.8, 4) is 6.07 Å². The van der Waals surface area contributed by atoms with Gasteiger partial charge in [-0.1, -0.05) is 58.4 Å². The number of hydrogen-bond acceptors (Lipinski definition) is 7. The molecule has 0 saturated carbocycles. The van der Waals surface area contributed by atoms with Gasteiger partial charge in [0, 0.05) is 10.9 Å². The molecule has 0 aromatic heterocycles. The molecule has 2 aliphatic heterocycles. The number of hydrogen-bond donors (Lipinski definition) is 1. The van der Waals surface area contributed by atoms with Gasteiger partial charge >= 0.3 is 11.9 Å². The number of fused-ring (bicyclic) bond motifs is 1. The molecule has 1 fully saturated rings. The molecule has 0 aliphatic carbocycles. The minimum absolute atomic E-state index is 0.0347. The van der Waals surface area contributed by atoms with Crippen molar-refractivity contribution in [3.05, 3.63) is 92.9 Å². The van der Waals surface area contributed by atoms with Crippen LogP contribution in [-0.4, -0.2) is 42.0 Å². The molecule has 0 spiro atoms. The Bertz CT molecular complexity index is 1290. The second kappa shape index (κ2) is 10.8. The second-order valence-corrected chi connectivity index (χ2v) is 9.04. The zero-order valence-electron chi connectivity index (χ0n) is 19.8. The average molecular weight is 550 g/mol. The van der Waals surface area contributed by atoms with E-state index in [-0.39, 0.29) is 48.2 Å². The lowest BCUT2D eigenvalue weighted by atomic mass is 9.81. The number of esters is 2. The van der Waals surface area contributed by atoms with Crippen molar-refractivity contribution >= 4 is 33.8 Å². The number of nitrogens with zero attached hydrogens (tertiary/aromatic N) is 2. The summed E-state index contributed by atoms with van der Waals surface area (Å²) in [5.41, 5.74) is 1.45. The lowest BCUT2D eigenvalue weighted by molar-refractivity contribution is -0.143. The molecule has 36 heavy (non-hydrogen) atoms. The van der Waals surface area contributed by atoms with E-state index in [1.807, 2.05) is 30.3 Å². The number of carbonyl (C=O) groups is 3. The first-order valence-electron chi connectivity index (χ1n) is 11.5. The van der Waals surface area contributed by atoms with Crippen LogP contribution in [0, 0.1) is 11.3 Å². The molecular formula is C27H24BrN3O5. The van der Waals surface area contributed by atoms with Gasteiger partial charge in [-0.3, -0.25) is 4.79 Å². The Morgan fingerprint density at radius 3 is 2.28 bits per heavy atom. The van der Waals surface area contributed by atoms with Crippen LogP contribution in [-0.2, 0) is 30.3 Å². The fourth-order valence-corrected chi connectivity index (χ4v) is 4.77. The van der Waals surface area contributed by atoms with Gasteiger partial charge in [-0.25, -0.2) is 9.59 Å². The number of rotatable bonds is 7. The number of carbonyl (C=O) groups excluding carboxylic acids is 3. The van der Waals surface area contributed by atoms with Crippen LogP contribution < -0.4 is 5.32 Å². The molecule has 0 bridgehead atoms. The van der Waals surface area contributed by atoms with Gasteiger partial charge in [-0.15, -0.1) is 0 Å². The van der Waals surface area contributed by atoms with Gasteiger partial charge in [-0.05, 0) is 37.1 Å². The molecule has 9 heteroatoms. The highest BCUT2D eigenvalue weighted by atomic mass is 79.9. The number of nitrogens with one attached hydrogen (secondary N) is 1. The van der Waals surface area contributed by atoms with E-state index in [0.717, 1.165) is 10.0 Å². The van der Waals surface area contributed by atoms with Gasteiger partial charge in [0.05, 0.1) is 36.3 Å². The molecule has 2 aliphatic rings. The Morgan fingerprint density at radius 1 is 1.03 bits per heavy atom. The molecule has 2 atom stereocenters. The monoisotopic (exact) mass is 549 g/mol. The van der Waals surface area contributed by atoms with Gasteiger partial charge in [0.2, 0.25) is 5.91 Å². The third-order valence-corrected chi connectivity index (χ3v) is 6.51. The van der Waals surface area contributed by atoms with Crippen molar-refractivity contribution in [1.29, 1.82) is 5.26 Å². The summed E-state index contributed by atoms with van der Waals surface area (Å²) in [6, 6.07) is 17.7. The molecule has 1 N–H and O–H groups in total. The summed E-state index contributed by atoms with van der Waals surface area (Å²) in [4.78, 5) is 41.5. The molecule has 2 heterocycles. The quantitative estimate of drug-likeness (QED) is 0.524. The molecule has 4 rings (SSSR count). The Balaban J connectivity index is 1.98. The Hall–Kier alpha value is -3.90. The van der Waals surface area contributed by atoms with Crippen molar-refractivity contribution in [3.63, 3.8) is 0 Å². The van der Waals surface area contributed by atoms with Crippen molar-refractivity contribution < 1.29 is 23.9 Å². The predicted molar refractivity (Wildman–Crippen MR) is 134 cm³/mol. The lowest BCUT2D eigenvalue weighted by Crippen LogP contribution is -2.42. The smallest absolute Gasteiger partial charge is 0.355 e. The van der Waals surface area contributed by atoms with Crippen LogP contribution in [0.4, 0.5) is 0 Å². The standard InChI is InChI=1S/C27H24BrN3O5/c1-3-35-26(33)22-21(17-10-12-18(28)13-11-17)19(15-29)24-30-25(32)20(14-16-8-6-5-7-9-16)31(24)23(22)27(34)36-4-2/h5-13,20-21H,3-4,14H2,1-2H3,(H,30,32). The van der Waals surface area contributed by atoms with E-state index in [2.05, 4.69) is 27.3 Å². The molecule has 8 nitrogen and oxygen atoms in total. The molecule has 2 unspecified atom stereocenters. The second-order valence-electron chi connectivity index (χ2n) is 8.13. The van der Waals surface area contributed by atoms with Crippen LogP contribution in [0.15, 0.2) is 81.7 Å². The van der Waals surface area contributed by atoms with Gasteiger partial charge in [0.15, 0.2) is 0 Å². The van der Waals surface area contributed by atoms with Crippen molar-refractivity contribution in [2.45, 2.75) is 32.2 Å². The average Bonchev–Trinajstić information content (AvgIpc) is 3.19. The van der Waals surface area contributed by atoms with Crippen LogP contribution in [0.1, 0.15) is 30.9 Å². The molecule has 2 aromatic rings. The molecule has 2 aromatic carbocycles. The van der Waals surface area contributed by atoms with Crippen molar-refractivity contribution in [2.24, 2.45) is 0 Å². The van der Waals surface area contributed by atoms with Crippen molar-refractivity contribution in [2.75, 3.05) is 13.2 Å². The van der Waals surface area contributed by atoms with Crippen LogP contribution >= 0.6 is 15.9 Å². The van der Waals surface area contributed by atoms with E-state index in [4.69, 9.17) is 9.47 Å². The molecule has 0 radical (unpaired) electrons. The van der Waals surface area contributed by atoms with E-state index < -0.39 is 23.9 Å². The van der Waals surface area contributed by atoms with Gasteiger partial charge in [0.1, 0.15) is 17.6 Å². The van der Waals surface area contributed by atoms with E-state index in [1.54, 1.807) is 38.1 Å². The summed E-state index contributed by atoms with van der Waals surface area (Å²) in [5, 5.41) is 13.1. The minimum Gasteiger partial charge on any atom is -0.463 e. The highest BCUT2D eigenvalue weighted by Crippen LogP contribution is 2.45. The maximum absolute atomic E-state index is 13.4. The molecule has 184 valence electrons. The zero-order valence-corrected chi connectivity index (χ0v) is 21.4. The molecule has 1 amide bonds. The number of amides is 1. The van der Waals surface area contributed by atoms with E-state index in [0.29, 0.717) is 5.56 Å². The zero-order chi connectivity index (χ0) is 25.8. The highest BCUT2D eigenvalue weighted by molar-refractivity contribution is 9.10. The summed E-state index contributed by atoms with van der Waals surface area (Å²) in [6.45, 7) is 3.44. The number of allylic oxidation sites excluding steroid dienone is 1. The van der Waals surface area contributed by atoms with Gasteiger partial charge < -0.3 is 19.7 Å². The third kappa shape index (κ3) is 4.64. The normalized spacial score (nSPS) is 18.9. The Kier molecular flexibility index (Phi) is 7.55. The van der Waals surface area contributed by atoms with E-state index >= 15 is 0 Å². The predicted octanol–water partition coefficient (Wildman–Crippen LogP) is 3.70. The highest BCUT2D eigenvalue weighted by Gasteiger charge is 2.50. The first kappa shape index (κ1) is 25.2. The Labute approximate surface area is 217 Å². The fraction of sp³-hybridized carbons (Fsp3) is 0.259. The van der Waals surface area contributed by atoms with E-state index in [1.165, 1.54) is 4.90 Å². The third-order valence-electron chi connectivity index (χ3n) is 5.99. The number of ether oxygens (including phenoxy) is 2. The van der Waals surface area contributed by atoms with Crippen molar-refractivity contribution in [1.82, 2.24) is 10.2 Å². The summed E-state index contributed by atoms with van der Waals surface area (Å²) in [7, 11) is 0. The number of nitriles is 1. The number of halogens is 1. The molecule has 1 saturated heterocycles. The Morgan fingerprint density at radius 2 is 1.67 bits per heavy atom. The SMILES string of the molecule is CCOC(=O)C1=C(C(=O)OCC)N2C(=C(C#N)C1c1ccc(Br)cc1)NC(=O)C2Cc1ccccc1. The first-order valence-corrected chi connectivity index (χ1v) is 12.3. The summed E-state index contributed by atoms with van der Waals surface area (Å²) in [5.74, 6) is -2.68. The summed E-state index contributed by atoms with van der Waals surface area (Å²) < 4.78 is 11.5. The number of benzene rings is 2. The van der Waals surface area contributed by atoms with Crippen LogP contribution in [0.25, 0.3) is 0 Å². The summed E-state index contributed by atoms with van der Waals surface area (Å²) in [6.07, 6.45) is 0.247. The largest absolute Gasteiger partial charge is 0.463 e. The molecular weight excluding hydrogens is 526 g/mol. The van der Waals surface area contributed by atoms with Crippen LogP contribution in [0.5, 0.6) is 0 Å². The van der Waals surface area contributed by atoms with Crippen LogP contribution in [0.2, 0.25) is 0 Å². The van der Waals surface area contributed by atoms with Gasteiger partial charge in [0.25, 0.3) is 0 Å².